The third kappa shape index (κ3) is 4.73. The Kier molecular flexibility index (Phi) is 6.24. The molecule has 1 aliphatic rings. The summed E-state index contributed by atoms with van der Waals surface area (Å²) in [4.78, 5) is 15.2. The van der Waals surface area contributed by atoms with Gasteiger partial charge in [-0.05, 0) is 37.1 Å². The Morgan fingerprint density at radius 3 is 2.37 bits per heavy atom. The summed E-state index contributed by atoms with van der Waals surface area (Å²) < 4.78 is 18.8. The molecule has 3 rings (SSSR count). The molecular weight excluding hydrogens is 343 g/mol. The van der Waals surface area contributed by atoms with Crippen molar-refractivity contribution in [2.45, 2.75) is 25.3 Å². The van der Waals surface area contributed by atoms with Gasteiger partial charge in [-0.1, -0.05) is 42.5 Å². The molecule has 0 spiro atoms. The van der Waals surface area contributed by atoms with Crippen molar-refractivity contribution in [3.05, 3.63) is 71.5 Å². The number of amides is 1. The monoisotopic (exact) mass is 370 g/mol. The minimum atomic E-state index is -0.625. The Balaban J connectivity index is 1.74. The first-order valence-corrected chi connectivity index (χ1v) is 9.39. The van der Waals surface area contributed by atoms with Crippen LogP contribution in [0.5, 0.6) is 0 Å². The van der Waals surface area contributed by atoms with Crippen molar-refractivity contribution in [2.24, 2.45) is 0 Å². The maximum Gasteiger partial charge on any atom is 0.230 e. The molecule has 2 aromatic rings. The van der Waals surface area contributed by atoms with Gasteiger partial charge >= 0.3 is 0 Å². The lowest BCUT2D eigenvalue weighted by Gasteiger charge is -2.35. The van der Waals surface area contributed by atoms with Gasteiger partial charge in [0.05, 0.1) is 24.7 Å². The number of carbonyl (C=O) groups is 1. The van der Waals surface area contributed by atoms with Crippen LogP contribution in [0.2, 0.25) is 0 Å². The van der Waals surface area contributed by atoms with E-state index in [0.717, 1.165) is 24.2 Å². The molecule has 1 atom stereocenters. The maximum atomic E-state index is 13.3. The topological polar surface area (TPSA) is 41.6 Å². The lowest BCUT2D eigenvalue weighted by atomic mass is 9.83. The Labute approximate surface area is 160 Å². The minimum absolute atomic E-state index is 0.00924. The van der Waals surface area contributed by atoms with Crippen LogP contribution in [0.15, 0.2) is 54.6 Å². The molecule has 0 bridgehead atoms. The molecule has 0 aliphatic carbocycles. The van der Waals surface area contributed by atoms with E-state index in [1.54, 1.807) is 12.1 Å². The van der Waals surface area contributed by atoms with E-state index in [2.05, 4.69) is 10.2 Å². The number of halogens is 1. The number of hydrogen-bond donors (Lipinski definition) is 1. The number of ether oxygens (including phenoxy) is 1. The second-order valence-corrected chi connectivity index (χ2v) is 7.42. The molecule has 0 radical (unpaired) electrons. The zero-order valence-electron chi connectivity index (χ0n) is 16.0. The van der Waals surface area contributed by atoms with E-state index < -0.39 is 5.41 Å². The second-order valence-electron chi connectivity index (χ2n) is 7.42. The van der Waals surface area contributed by atoms with E-state index >= 15 is 0 Å². The molecule has 1 heterocycles. The molecule has 1 unspecified atom stereocenters. The van der Waals surface area contributed by atoms with Crippen molar-refractivity contribution in [3.8, 4) is 0 Å². The molecule has 4 nitrogen and oxygen atoms in total. The highest BCUT2D eigenvalue weighted by atomic mass is 19.1. The number of rotatable bonds is 6. The van der Waals surface area contributed by atoms with Crippen molar-refractivity contribution in [1.82, 2.24) is 10.2 Å². The zero-order chi connectivity index (χ0) is 19.3. The summed E-state index contributed by atoms with van der Waals surface area (Å²) in [7, 11) is 0. The molecule has 5 heteroatoms. The highest BCUT2D eigenvalue weighted by Gasteiger charge is 2.31. The van der Waals surface area contributed by atoms with Crippen molar-refractivity contribution >= 4 is 5.91 Å². The predicted octanol–water partition coefficient (Wildman–Crippen LogP) is 3.29. The van der Waals surface area contributed by atoms with E-state index in [0.29, 0.717) is 19.8 Å². The minimum Gasteiger partial charge on any atom is -0.379 e. The zero-order valence-corrected chi connectivity index (χ0v) is 16.0. The fraction of sp³-hybridized carbons (Fsp3) is 0.409. The largest absolute Gasteiger partial charge is 0.379 e. The number of benzene rings is 2. The molecular formula is C22H27FN2O2. The van der Waals surface area contributed by atoms with E-state index in [1.165, 1.54) is 12.1 Å². The van der Waals surface area contributed by atoms with E-state index in [4.69, 9.17) is 4.74 Å². The van der Waals surface area contributed by atoms with Crippen LogP contribution in [0.3, 0.4) is 0 Å². The first-order valence-electron chi connectivity index (χ1n) is 9.39. The first kappa shape index (κ1) is 19.5. The summed E-state index contributed by atoms with van der Waals surface area (Å²) in [5.41, 5.74) is 1.35. The standard InChI is InChI=1S/C22H27FN2O2/c1-22(2,18-6-4-3-5-7-18)21(26)24-16-20(25-12-14-27-15-13-25)17-8-10-19(23)11-9-17/h3-11,20H,12-16H2,1-2H3,(H,24,26). The van der Waals surface area contributed by atoms with Crippen LogP contribution in [0.1, 0.15) is 31.0 Å². The molecule has 2 aromatic carbocycles. The number of nitrogens with one attached hydrogen (secondary N) is 1. The van der Waals surface area contributed by atoms with Gasteiger partial charge in [0.25, 0.3) is 0 Å². The average molecular weight is 370 g/mol. The van der Waals surface area contributed by atoms with E-state index in [-0.39, 0.29) is 17.8 Å². The predicted molar refractivity (Wildman–Crippen MR) is 104 cm³/mol. The third-order valence-corrected chi connectivity index (χ3v) is 5.26. The Bertz CT molecular complexity index is 741. The van der Waals surface area contributed by atoms with Crippen LogP contribution >= 0.6 is 0 Å². The van der Waals surface area contributed by atoms with Crippen LogP contribution in [0.4, 0.5) is 4.39 Å². The Morgan fingerprint density at radius 1 is 1.11 bits per heavy atom. The molecule has 0 saturated carbocycles. The molecule has 1 N–H and O–H groups in total. The van der Waals surface area contributed by atoms with Crippen LogP contribution < -0.4 is 5.32 Å². The average Bonchev–Trinajstić information content (AvgIpc) is 2.70. The summed E-state index contributed by atoms with van der Waals surface area (Å²) in [6, 6.07) is 16.3. The molecule has 1 saturated heterocycles. The Hall–Kier alpha value is -2.24. The summed E-state index contributed by atoms with van der Waals surface area (Å²) in [6.07, 6.45) is 0. The maximum absolute atomic E-state index is 13.3. The van der Waals surface area contributed by atoms with Crippen molar-refractivity contribution in [2.75, 3.05) is 32.8 Å². The molecule has 27 heavy (non-hydrogen) atoms. The van der Waals surface area contributed by atoms with Gasteiger partial charge in [-0.2, -0.15) is 0 Å². The summed E-state index contributed by atoms with van der Waals surface area (Å²) >= 11 is 0. The number of hydrogen-bond acceptors (Lipinski definition) is 3. The van der Waals surface area contributed by atoms with Gasteiger partial charge in [0.1, 0.15) is 5.82 Å². The smallest absolute Gasteiger partial charge is 0.230 e. The molecule has 0 aromatic heterocycles. The number of morpholine rings is 1. The van der Waals surface area contributed by atoms with Gasteiger partial charge < -0.3 is 10.1 Å². The number of nitrogens with zero attached hydrogens (tertiary/aromatic N) is 1. The normalized spacial score (nSPS) is 16.7. The molecule has 1 fully saturated rings. The summed E-state index contributed by atoms with van der Waals surface area (Å²) in [6.45, 7) is 7.25. The van der Waals surface area contributed by atoms with Gasteiger partial charge in [-0.25, -0.2) is 4.39 Å². The fourth-order valence-corrected chi connectivity index (χ4v) is 3.43. The highest BCUT2D eigenvalue weighted by molar-refractivity contribution is 5.87. The van der Waals surface area contributed by atoms with Gasteiger partial charge in [0, 0.05) is 19.6 Å². The van der Waals surface area contributed by atoms with Gasteiger partial charge in [0.2, 0.25) is 5.91 Å². The van der Waals surface area contributed by atoms with Crippen molar-refractivity contribution in [3.63, 3.8) is 0 Å². The van der Waals surface area contributed by atoms with Gasteiger partial charge in [-0.15, -0.1) is 0 Å². The van der Waals surface area contributed by atoms with Crippen LogP contribution in [0.25, 0.3) is 0 Å². The molecule has 1 aliphatic heterocycles. The first-order chi connectivity index (χ1) is 13.0. The van der Waals surface area contributed by atoms with Crippen LogP contribution in [-0.2, 0) is 14.9 Å². The van der Waals surface area contributed by atoms with E-state index in [1.807, 2.05) is 44.2 Å². The Morgan fingerprint density at radius 2 is 1.74 bits per heavy atom. The van der Waals surface area contributed by atoms with Crippen molar-refractivity contribution < 1.29 is 13.9 Å². The van der Waals surface area contributed by atoms with Gasteiger partial charge in [-0.3, -0.25) is 9.69 Å². The summed E-state index contributed by atoms with van der Waals surface area (Å²) in [5.74, 6) is -0.275. The number of carbonyl (C=O) groups excluding carboxylic acids is 1. The fourth-order valence-electron chi connectivity index (χ4n) is 3.43. The van der Waals surface area contributed by atoms with Gasteiger partial charge in [0.15, 0.2) is 0 Å². The van der Waals surface area contributed by atoms with Crippen molar-refractivity contribution in [1.29, 1.82) is 0 Å². The summed E-state index contributed by atoms with van der Waals surface area (Å²) in [5, 5.41) is 3.12. The lowest BCUT2D eigenvalue weighted by molar-refractivity contribution is -0.126. The van der Waals surface area contributed by atoms with Crippen LogP contribution in [-0.4, -0.2) is 43.7 Å². The third-order valence-electron chi connectivity index (χ3n) is 5.26. The lowest BCUT2D eigenvalue weighted by Crippen LogP contribution is -2.47. The highest BCUT2D eigenvalue weighted by Crippen LogP contribution is 2.25. The molecule has 1 amide bonds. The quantitative estimate of drug-likeness (QED) is 0.848. The SMILES string of the molecule is CC(C)(C(=O)NCC(c1ccc(F)cc1)N1CCOCC1)c1ccccc1. The molecule has 144 valence electrons. The van der Waals surface area contributed by atoms with Crippen LogP contribution in [0, 0.1) is 5.82 Å². The van der Waals surface area contributed by atoms with E-state index in [9.17, 15) is 9.18 Å². The second kappa shape index (κ2) is 8.63.